The molecule has 5 heteroatoms. The summed E-state index contributed by atoms with van der Waals surface area (Å²) in [6.45, 7) is 10.4. The topological polar surface area (TPSA) is 70.2 Å². The Kier molecular flexibility index (Phi) is 5.14. The predicted molar refractivity (Wildman–Crippen MR) is 71.0 cm³/mol. The van der Waals surface area contributed by atoms with Crippen molar-refractivity contribution in [1.82, 2.24) is 16.0 Å². The first-order chi connectivity index (χ1) is 8.32. The zero-order chi connectivity index (χ0) is 13.8. The van der Waals surface area contributed by atoms with Gasteiger partial charge in [-0.1, -0.05) is 27.7 Å². The zero-order valence-corrected chi connectivity index (χ0v) is 11.8. The highest BCUT2D eigenvalue weighted by atomic mass is 16.2. The average Bonchev–Trinajstić information content (AvgIpc) is 2.19. The minimum atomic E-state index is -0.380. The highest BCUT2D eigenvalue weighted by molar-refractivity contribution is 5.81. The van der Waals surface area contributed by atoms with Gasteiger partial charge in [0.15, 0.2) is 0 Å². The van der Waals surface area contributed by atoms with E-state index in [2.05, 4.69) is 16.0 Å². The van der Waals surface area contributed by atoms with E-state index in [9.17, 15) is 9.59 Å². The van der Waals surface area contributed by atoms with Gasteiger partial charge in [0.2, 0.25) is 11.8 Å². The monoisotopic (exact) mass is 255 g/mol. The molecule has 1 rings (SSSR count). The first kappa shape index (κ1) is 15.0. The summed E-state index contributed by atoms with van der Waals surface area (Å²) in [6.07, 6.45) is 0. The summed E-state index contributed by atoms with van der Waals surface area (Å²) in [5.41, 5.74) is -0.380. The van der Waals surface area contributed by atoms with Crippen molar-refractivity contribution in [2.24, 2.45) is 17.3 Å². The van der Waals surface area contributed by atoms with Gasteiger partial charge in [-0.3, -0.25) is 9.59 Å². The van der Waals surface area contributed by atoms with E-state index >= 15 is 0 Å². The molecule has 0 aromatic rings. The Morgan fingerprint density at radius 1 is 1.22 bits per heavy atom. The van der Waals surface area contributed by atoms with Crippen LogP contribution in [0.25, 0.3) is 0 Å². The van der Waals surface area contributed by atoms with Gasteiger partial charge in [-0.25, -0.2) is 0 Å². The van der Waals surface area contributed by atoms with E-state index in [4.69, 9.17) is 0 Å². The van der Waals surface area contributed by atoms with Crippen molar-refractivity contribution in [2.75, 3.05) is 26.2 Å². The lowest BCUT2D eigenvalue weighted by atomic mass is 9.88. The van der Waals surface area contributed by atoms with Gasteiger partial charge < -0.3 is 16.0 Å². The van der Waals surface area contributed by atoms with E-state index in [-0.39, 0.29) is 23.1 Å². The van der Waals surface area contributed by atoms with Crippen molar-refractivity contribution in [1.29, 1.82) is 0 Å². The Bertz CT molecular complexity index is 306. The van der Waals surface area contributed by atoms with Crippen molar-refractivity contribution in [3.63, 3.8) is 0 Å². The molecule has 5 nitrogen and oxygen atoms in total. The molecule has 1 heterocycles. The standard InChI is InChI=1S/C13H25N3O2/c1-9(10-7-14-8-10)11(17)15-5-6-16-12(18)13(2,3)4/h9-10,14H,5-8H2,1-4H3,(H,15,17)(H,16,18). The number of carbonyl (C=O) groups is 2. The van der Waals surface area contributed by atoms with E-state index in [0.29, 0.717) is 19.0 Å². The van der Waals surface area contributed by atoms with E-state index < -0.39 is 0 Å². The molecular weight excluding hydrogens is 230 g/mol. The van der Waals surface area contributed by atoms with Gasteiger partial charge in [-0.05, 0) is 19.0 Å². The van der Waals surface area contributed by atoms with Crippen LogP contribution in [0, 0.1) is 17.3 Å². The lowest BCUT2D eigenvalue weighted by Crippen LogP contribution is -2.50. The summed E-state index contributed by atoms with van der Waals surface area (Å²) in [6, 6.07) is 0. The Morgan fingerprint density at radius 2 is 1.78 bits per heavy atom. The molecule has 1 saturated heterocycles. The van der Waals surface area contributed by atoms with Crippen LogP contribution in [0.4, 0.5) is 0 Å². The third-order valence-electron chi connectivity index (χ3n) is 3.32. The smallest absolute Gasteiger partial charge is 0.225 e. The van der Waals surface area contributed by atoms with Crippen LogP contribution in [0.3, 0.4) is 0 Å². The molecule has 0 radical (unpaired) electrons. The number of amides is 2. The Balaban J connectivity index is 2.14. The first-order valence-corrected chi connectivity index (χ1v) is 6.59. The van der Waals surface area contributed by atoms with Crippen LogP contribution in [0.15, 0.2) is 0 Å². The van der Waals surface area contributed by atoms with Crippen LogP contribution >= 0.6 is 0 Å². The van der Waals surface area contributed by atoms with Crippen LogP contribution in [-0.2, 0) is 9.59 Å². The fourth-order valence-electron chi connectivity index (χ4n) is 1.67. The van der Waals surface area contributed by atoms with Crippen LogP contribution in [-0.4, -0.2) is 38.0 Å². The molecule has 0 spiro atoms. The summed E-state index contributed by atoms with van der Waals surface area (Å²) >= 11 is 0. The lowest BCUT2D eigenvalue weighted by Gasteiger charge is -2.31. The highest BCUT2D eigenvalue weighted by Crippen LogP contribution is 2.15. The maximum absolute atomic E-state index is 11.8. The Morgan fingerprint density at radius 3 is 2.22 bits per heavy atom. The molecule has 0 bridgehead atoms. The van der Waals surface area contributed by atoms with Gasteiger partial charge in [0, 0.05) is 24.4 Å². The molecule has 2 amide bonds. The van der Waals surface area contributed by atoms with Crippen molar-refractivity contribution in [3.05, 3.63) is 0 Å². The number of hydrogen-bond acceptors (Lipinski definition) is 3. The van der Waals surface area contributed by atoms with E-state index in [0.717, 1.165) is 13.1 Å². The average molecular weight is 255 g/mol. The summed E-state index contributed by atoms with van der Waals surface area (Å²) in [5.74, 6) is 0.582. The molecular formula is C13H25N3O2. The highest BCUT2D eigenvalue weighted by Gasteiger charge is 2.28. The fraction of sp³-hybridized carbons (Fsp3) is 0.846. The van der Waals surface area contributed by atoms with Gasteiger partial charge in [-0.15, -0.1) is 0 Å². The van der Waals surface area contributed by atoms with Gasteiger partial charge in [0.25, 0.3) is 0 Å². The van der Waals surface area contributed by atoms with Crippen LogP contribution < -0.4 is 16.0 Å². The van der Waals surface area contributed by atoms with Gasteiger partial charge >= 0.3 is 0 Å². The van der Waals surface area contributed by atoms with Gasteiger partial charge in [0.1, 0.15) is 0 Å². The second kappa shape index (κ2) is 6.18. The molecule has 0 aromatic carbocycles. The van der Waals surface area contributed by atoms with Crippen molar-refractivity contribution in [3.8, 4) is 0 Å². The summed E-state index contributed by atoms with van der Waals surface area (Å²) < 4.78 is 0. The van der Waals surface area contributed by atoms with Gasteiger partial charge in [0.05, 0.1) is 0 Å². The van der Waals surface area contributed by atoms with E-state index in [1.807, 2.05) is 27.7 Å². The molecule has 18 heavy (non-hydrogen) atoms. The third-order valence-corrected chi connectivity index (χ3v) is 3.32. The first-order valence-electron chi connectivity index (χ1n) is 6.59. The molecule has 1 fully saturated rings. The zero-order valence-electron chi connectivity index (χ0n) is 11.8. The molecule has 1 unspecified atom stereocenters. The second-order valence-electron chi connectivity index (χ2n) is 6.00. The number of rotatable bonds is 5. The quantitative estimate of drug-likeness (QED) is 0.611. The fourth-order valence-corrected chi connectivity index (χ4v) is 1.67. The summed E-state index contributed by atoms with van der Waals surface area (Å²) in [4.78, 5) is 23.3. The van der Waals surface area contributed by atoms with Crippen molar-refractivity contribution in [2.45, 2.75) is 27.7 Å². The molecule has 1 aliphatic rings. The SMILES string of the molecule is CC(C(=O)NCCNC(=O)C(C)(C)C)C1CNC1. The minimum Gasteiger partial charge on any atom is -0.354 e. The van der Waals surface area contributed by atoms with Crippen molar-refractivity contribution >= 4 is 11.8 Å². The van der Waals surface area contributed by atoms with E-state index in [1.54, 1.807) is 0 Å². The van der Waals surface area contributed by atoms with Gasteiger partial charge in [-0.2, -0.15) is 0 Å². The van der Waals surface area contributed by atoms with Crippen LogP contribution in [0.1, 0.15) is 27.7 Å². The molecule has 1 atom stereocenters. The Labute approximate surface area is 109 Å². The second-order valence-corrected chi connectivity index (χ2v) is 6.00. The molecule has 104 valence electrons. The predicted octanol–water partition coefficient (Wildman–Crippen LogP) is 0.120. The molecule has 3 N–H and O–H groups in total. The van der Waals surface area contributed by atoms with E-state index in [1.165, 1.54) is 0 Å². The van der Waals surface area contributed by atoms with Crippen LogP contribution in [0.5, 0.6) is 0 Å². The molecule has 0 aromatic heterocycles. The molecule has 0 saturated carbocycles. The third kappa shape index (κ3) is 4.29. The maximum Gasteiger partial charge on any atom is 0.225 e. The van der Waals surface area contributed by atoms with Crippen molar-refractivity contribution < 1.29 is 9.59 Å². The molecule has 0 aliphatic carbocycles. The normalized spacial score (nSPS) is 17.8. The minimum absolute atomic E-state index is 0.00740. The summed E-state index contributed by atoms with van der Waals surface area (Å²) in [7, 11) is 0. The number of hydrogen-bond donors (Lipinski definition) is 3. The molecule has 1 aliphatic heterocycles. The summed E-state index contributed by atoms with van der Waals surface area (Å²) in [5, 5.41) is 8.82. The Hall–Kier alpha value is -1.10. The maximum atomic E-state index is 11.8. The lowest BCUT2D eigenvalue weighted by molar-refractivity contribution is -0.129. The largest absolute Gasteiger partial charge is 0.354 e. The van der Waals surface area contributed by atoms with Crippen LogP contribution in [0.2, 0.25) is 0 Å². The number of carbonyl (C=O) groups excluding carboxylic acids is 2. The number of nitrogens with one attached hydrogen (secondary N) is 3.